The number of hydrogen-bond donors (Lipinski definition) is 3. The van der Waals surface area contributed by atoms with Gasteiger partial charge in [0.2, 0.25) is 0 Å². The molecule has 3 unspecified atom stereocenters. The second-order valence-electron chi connectivity index (χ2n) is 5.98. The zero-order valence-electron chi connectivity index (χ0n) is 11.8. The van der Waals surface area contributed by atoms with Crippen molar-refractivity contribution < 1.29 is 9.90 Å². The number of benzene rings is 1. The van der Waals surface area contributed by atoms with E-state index < -0.39 is 0 Å². The summed E-state index contributed by atoms with van der Waals surface area (Å²) >= 11 is 0. The average molecular weight is 274 g/mol. The number of amides is 2. The van der Waals surface area contributed by atoms with Crippen molar-refractivity contribution in [2.45, 2.75) is 44.2 Å². The van der Waals surface area contributed by atoms with Gasteiger partial charge in [0.25, 0.3) is 0 Å². The number of aliphatic hydroxyl groups excluding tert-OH is 1. The number of aliphatic hydroxyl groups is 1. The Balaban J connectivity index is 1.58. The first-order chi connectivity index (χ1) is 9.70. The molecule has 108 valence electrons. The third-order valence-corrected chi connectivity index (χ3v) is 4.57. The molecule has 1 fully saturated rings. The number of hydrogen-bond acceptors (Lipinski definition) is 2. The van der Waals surface area contributed by atoms with E-state index in [4.69, 9.17) is 5.11 Å². The molecule has 0 spiro atoms. The van der Waals surface area contributed by atoms with Crippen LogP contribution < -0.4 is 10.6 Å². The molecule has 0 saturated heterocycles. The van der Waals surface area contributed by atoms with Crippen molar-refractivity contribution in [3.8, 4) is 0 Å². The summed E-state index contributed by atoms with van der Waals surface area (Å²) in [6.45, 7) is 2.01. The van der Waals surface area contributed by atoms with Gasteiger partial charge in [-0.05, 0) is 43.2 Å². The van der Waals surface area contributed by atoms with Crippen molar-refractivity contribution >= 4 is 6.03 Å². The van der Waals surface area contributed by atoms with Gasteiger partial charge in [-0.3, -0.25) is 0 Å². The highest BCUT2D eigenvalue weighted by molar-refractivity contribution is 5.75. The van der Waals surface area contributed by atoms with E-state index in [1.54, 1.807) is 0 Å². The Morgan fingerprint density at radius 1 is 1.45 bits per heavy atom. The van der Waals surface area contributed by atoms with Gasteiger partial charge in [0.15, 0.2) is 0 Å². The minimum Gasteiger partial charge on any atom is -0.396 e. The molecule has 0 bridgehead atoms. The maximum atomic E-state index is 11.9. The van der Waals surface area contributed by atoms with Crippen LogP contribution in [0.2, 0.25) is 0 Å². The Bertz CT molecular complexity index is 503. The first kappa shape index (κ1) is 13.4. The SMILES string of the molecule is C[C@H](CCO)NC(=O)NC1C2CCc3ccccc3C21. The lowest BCUT2D eigenvalue weighted by Crippen LogP contribution is -2.42. The van der Waals surface area contributed by atoms with Crippen LogP contribution in [0.15, 0.2) is 24.3 Å². The van der Waals surface area contributed by atoms with E-state index in [2.05, 4.69) is 34.9 Å². The van der Waals surface area contributed by atoms with Gasteiger partial charge in [-0.1, -0.05) is 24.3 Å². The normalized spacial score (nSPS) is 28.0. The summed E-state index contributed by atoms with van der Waals surface area (Å²) in [5.74, 6) is 1.10. The van der Waals surface area contributed by atoms with Crippen LogP contribution in [0.5, 0.6) is 0 Å². The van der Waals surface area contributed by atoms with Crippen LogP contribution in [0.1, 0.15) is 36.8 Å². The van der Waals surface area contributed by atoms with Crippen LogP contribution in [-0.2, 0) is 6.42 Å². The summed E-state index contributed by atoms with van der Waals surface area (Å²) in [6.07, 6.45) is 2.88. The Morgan fingerprint density at radius 2 is 2.25 bits per heavy atom. The Hall–Kier alpha value is -1.55. The quantitative estimate of drug-likeness (QED) is 0.784. The molecule has 2 aliphatic carbocycles. The van der Waals surface area contributed by atoms with Gasteiger partial charge >= 0.3 is 6.03 Å². The predicted molar refractivity (Wildman–Crippen MR) is 77.6 cm³/mol. The van der Waals surface area contributed by atoms with Gasteiger partial charge in [0.1, 0.15) is 0 Å². The number of carbonyl (C=O) groups is 1. The van der Waals surface area contributed by atoms with Gasteiger partial charge in [-0.15, -0.1) is 0 Å². The summed E-state index contributed by atoms with van der Waals surface area (Å²) in [5.41, 5.74) is 2.85. The molecule has 1 aromatic carbocycles. The number of fused-ring (bicyclic) bond motifs is 3. The number of nitrogens with one attached hydrogen (secondary N) is 2. The summed E-state index contributed by atoms with van der Waals surface area (Å²) < 4.78 is 0. The molecular formula is C16H22N2O2. The zero-order valence-corrected chi connectivity index (χ0v) is 11.8. The third kappa shape index (κ3) is 2.52. The van der Waals surface area contributed by atoms with Crippen LogP contribution in [0.4, 0.5) is 4.79 Å². The lowest BCUT2D eigenvalue weighted by Gasteiger charge is -2.13. The average Bonchev–Trinajstić information content (AvgIpc) is 3.12. The van der Waals surface area contributed by atoms with Crippen molar-refractivity contribution in [2.75, 3.05) is 6.61 Å². The Morgan fingerprint density at radius 3 is 3.05 bits per heavy atom. The summed E-state index contributed by atoms with van der Waals surface area (Å²) in [4.78, 5) is 11.9. The number of carbonyl (C=O) groups excluding carboxylic acids is 1. The highest BCUT2D eigenvalue weighted by Gasteiger charge is 2.53. The first-order valence-corrected chi connectivity index (χ1v) is 7.46. The Kier molecular flexibility index (Phi) is 3.66. The number of rotatable bonds is 4. The van der Waals surface area contributed by atoms with E-state index in [1.165, 1.54) is 17.5 Å². The van der Waals surface area contributed by atoms with Gasteiger partial charge in [-0.2, -0.15) is 0 Å². The van der Waals surface area contributed by atoms with Crippen molar-refractivity contribution in [2.24, 2.45) is 5.92 Å². The standard InChI is InChI=1S/C16H22N2O2/c1-10(8-9-19)17-16(20)18-15-13-7-6-11-4-2-3-5-12(11)14(13)15/h2-5,10,13-15,19H,6-9H2,1H3,(H2,17,18,20)/t10-,13?,14?,15?/m1/s1. The zero-order chi connectivity index (χ0) is 14.1. The van der Waals surface area contributed by atoms with E-state index in [-0.39, 0.29) is 24.7 Å². The molecule has 3 N–H and O–H groups in total. The van der Waals surface area contributed by atoms with Crippen LogP contribution in [0.25, 0.3) is 0 Å². The second kappa shape index (κ2) is 5.44. The lowest BCUT2D eigenvalue weighted by molar-refractivity contribution is 0.230. The summed E-state index contributed by atoms with van der Waals surface area (Å²) in [6, 6.07) is 8.74. The monoisotopic (exact) mass is 274 g/mol. The van der Waals surface area contributed by atoms with Crippen molar-refractivity contribution in [3.05, 3.63) is 35.4 Å². The van der Waals surface area contributed by atoms with Gasteiger partial charge in [0, 0.05) is 24.6 Å². The molecular weight excluding hydrogens is 252 g/mol. The van der Waals surface area contributed by atoms with Crippen LogP contribution in [0, 0.1) is 5.92 Å². The van der Waals surface area contributed by atoms with E-state index in [0.717, 1.165) is 6.42 Å². The first-order valence-electron chi connectivity index (χ1n) is 7.46. The molecule has 0 aliphatic heterocycles. The molecule has 1 aromatic rings. The fraction of sp³-hybridized carbons (Fsp3) is 0.562. The molecule has 4 atom stereocenters. The van der Waals surface area contributed by atoms with Gasteiger partial charge < -0.3 is 15.7 Å². The molecule has 1 saturated carbocycles. The fourth-order valence-corrected chi connectivity index (χ4v) is 3.45. The van der Waals surface area contributed by atoms with Crippen molar-refractivity contribution in [1.82, 2.24) is 10.6 Å². The van der Waals surface area contributed by atoms with Crippen molar-refractivity contribution in [3.63, 3.8) is 0 Å². The third-order valence-electron chi connectivity index (χ3n) is 4.57. The number of urea groups is 1. The minimum atomic E-state index is -0.108. The van der Waals surface area contributed by atoms with Crippen LogP contribution >= 0.6 is 0 Å². The van der Waals surface area contributed by atoms with Crippen LogP contribution in [-0.4, -0.2) is 29.8 Å². The smallest absolute Gasteiger partial charge is 0.315 e. The Labute approximate surface area is 119 Å². The highest BCUT2D eigenvalue weighted by atomic mass is 16.3. The fourth-order valence-electron chi connectivity index (χ4n) is 3.45. The molecule has 2 aliphatic rings. The van der Waals surface area contributed by atoms with E-state index in [1.807, 2.05) is 6.92 Å². The van der Waals surface area contributed by atoms with Crippen LogP contribution in [0.3, 0.4) is 0 Å². The molecule has 0 radical (unpaired) electrons. The van der Waals surface area contributed by atoms with E-state index in [9.17, 15) is 4.79 Å². The second-order valence-corrected chi connectivity index (χ2v) is 5.98. The van der Waals surface area contributed by atoms with Crippen molar-refractivity contribution in [1.29, 1.82) is 0 Å². The topological polar surface area (TPSA) is 61.4 Å². The predicted octanol–water partition coefficient (Wildman–Crippen LogP) is 1.78. The maximum Gasteiger partial charge on any atom is 0.315 e. The molecule has 0 aromatic heterocycles. The van der Waals surface area contributed by atoms with E-state index in [0.29, 0.717) is 18.3 Å². The molecule has 4 nitrogen and oxygen atoms in total. The molecule has 3 rings (SSSR count). The van der Waals surface area contributed by atoms with E-state index >= 15 is 0 Å². The molecule has 20 heavy (non-hydrogen) atoms. The lowest BCUT2D eigenvalue weighted by atomic mass is 9.92. The highest BCUT2D eigenvalue weighted by Crippen LogP contribution is 2.54. The molecule has 0 heterocycles. The van der Waals surface area contributed by atoms with Gasteiger partial charge in [-0.25, -0.2) is 4.79 Å². The maximum absolute atomic E-state index is 11.9. The largest absolute Gasteiger partial charge is 0.396 e. The summed E-state index contributed by atoms with van der Waals surface area (Å²) in [5, 5.41) is 14.8. The summed E-state index contributed by atoms with van der Waals surface area (Å²) in [7, 11) is 0. The molecule has 2 amide bonds. The molecule has 4 heteroatoms. The van der Waals surface area contributed by atoms with Gasteiger partial charge in [0.05, 0.1) is 0 Å². The number of aryl methyl sites for hydroxylation is 1. The minimum absolute atomic E-state index is 0.00747.